The van der Waals surface area contributed by atoms with E-state index in [9.17, 15) is 4.79 Å². The maximum atomic E-state index is 10.3. The highest BCUT2D eigenvalue weighted by Gasteiger charge is 2.12. The van der Waals surface area contributed by atoms with Gasteiger partial charge in [-0.2, -0.15) is 0 Å². The lowest BCUT2D eigenvalue weighted by atomic mass is 10.4. The molecule has 0 amide bonds. The Kier molecular flexibility index (Phi) is 2.89. The Labute approximate surface area is 75.3 Å². The van der Waals surface area contributed by atoms with Crippen molar-refractivity contribution < 1.29 is 19.1 Å². The molecule has 1 aromatic rings. The molecule has 1 rings (SSSR count). The van der Waals surface area contributed by atoms with E-state index < -0.39 is 5.97 Å². The minimum absolute atomic E-state index is 0.174. The largest absolute Gasteiger partial charge is 0.481 e. The van der Waals surface area contributed by atoms with Crippen molar-refractivity contribution in [3.63, 3.8) is 0 Å². The number of ether oxygens (including phenoxy) is 1. The van der Waals surface area contributed by atoms with Gasteiger partial charge in [0.15, 0.2) is 0 Å². The number of carbonyl (C=O) groups is 1. The average molecular weight is 185 g/mol. The van der Waals surface area contributed by atoms with Gasteiger partial charge < -0.3 is 14.3 Å². The van der Waals surface area contributed by atoms with Gasteiger partial charge in [-0.15, -0.1) is 0 Å². The maximum Gasteiger partial charge on any atom is 0.312 e. The number of aliphatic carboxylic acids is 1. The summed E-state index contributed by atoms with van der Waals surface area (Å²) in [5.74, 6) is -0.489. The molecule has 1 aromatic heterocycles. The first-order valence-electron chi connectivity index (χ1n) is 3.94. The average Bonchev–Trinajstić information content (AvgIpc) is 2.31. The zero-order valence-electron chi connectivity index (χ0n) is 7.53. The second-order valence-corrected chi connectivity index (χ2v) is 2.48. The van der Waals surface area contributed by atoms with Gasteiger partial charge in [-0.1, -0.05) is 0 Å². The number of oxazole rings is 1. The lowest BCUT2D eigenvalue weighted by Gasteiger charge is -1.95. The van der Waals surface area contributed by atoms with Crippen molar-refractivity contribution in [2.24, 2.45) is 0 Å². The zero-order chi connectivity index (χ0) is 9.84. The summed E-state index contributed by atoms with van der Waals surface area (Å²) >= 11 is 0. The molecule has 1 N–H and O–H groups in total. The Hall–Kier alpha value is -1.52. The van der Waals surface area contributed by atoms with Crippen LogP contribution in [0, 0.1) is 6.92 Å². The third-order valence-corrected chi connectivity index (χ3v) is 1.38. The number of nitrogens with zero attached hydrogens (tertiary/aromatic N) is 1. The predicted molar refractivity (Wildman–Crippen MR) is 43.7 cm³/mol. The molecule has 0 unspecified atom stereocenters. The zero-order valence-corrected chi connectivity index (χ0v) is 7.53. The van der Waals surface area contributed by atoms with Crippen molar-refractivity contribution in [2.45, 2.75) is 20.3 Å². The SMILES string of the molecule is CCOc1oc(CC(=O)O)nc1C. The first-order valence-corrected chi connectivity index (χ1v) is 3.94. The van der Waals surface area contributed by atoms with Gasteiger partial charge in [0.25, 0.3) is 0 Å². The molecular formula is C8H11NO4. The highest BCUT2D eigenvalue weighted by molar-refractivity contribution is 5.68. The summed E-state index contributed by atoms with van der Waals surface area (Å²) in [7, 11) is 0. The molecule has 13 heavy (non-hydrogen) atoms. The van der Waals surface area contributed by atoms with E-state index in [0.717, 1.165) is 0 Å². The van der Waals surface area contributed by atoms with Crippen molar-refractivity contribution >= 4 is 5.97 Å². The lowest BCUT2D eigenvalue weighted by molar-refractivity contribution is -0.136. The van der Waals surface area contributed by atoms with Crippen LogP contribution in [0.1, 0.15) is 18.5 Å². The fourth-order valence-corrected chi connectivity index (χ4v) is 0.906. The van der Waals surface area contributed by atoms with Gasteiger partial charge in [0.05, 0.1) is 6.61 Å². The van der Waals surface area contributed by atoms with Crippen LogP contribution in [0.4, 0.5) is 0 Å². The molecule has 0 aliphatic rings. The quantitative estimate of drug-likeness (QED) is 0.757. The Morgan fingerprint density at radius 2 is 2.38 bits per heavy atom. The summed E-state index contributed by atoms with van der Waals surface area (Å²) in [6.45, 7) is 4.00. The van der Waals surface area contributed by atoms with Crippen LogP contribution in [0.25, 0.3) is 0 Å². The topological polar surface area (TPSA) is 72.6 Å². The molecule has 0 aliphatic heterocycles. The lowest BCUT2D eigenvalue weighted by Crippen LogP contribution is -1.99. The van der Waals surface area contributed by atoms with Crippen molar-refractivity contribution in [1.29, 1.82) is 0 Å². The van der Waals surface area contributed by atoms with Crippen LogP contribution in [0.5, 0.6) is 5.95 Å². The minimum Gasteiger partial charge on any atom is -0.481 e. The van der Waals surface area contributed by atoms with E-state index in [1.165, 1.54) is 0 Å². The van der Waals surface area contributed by atoms with E-state index in [0.29, 0.717) is 18.2 Å². The second-order valence-electron chi connectivity index (χ2n) is 2.48. The molecule has 1 heterocycles. The van der Waals surface area contributed by atoms with E-state index in [2.05, 4.69) is 4.98 Å². The molecule has 0 aromatic carbocycles. The summed E-state index contributed by atoms with van der Waals surface area (Å²) in [6, 6.07) is 0. The molecule has 0 atom stereocenters. The Morgan fingerprint density at radius 1 is 1.69 bits per heavy atom. The van der Waals surface area contributed by atoms with E-state index >= 15 is 0 Å². The van der Waals surface area contributed by atoms with Crippen LogP contribution in [0.15, 0.2) is 4.42 Å². The van der Waals surface area contributed by atoms with E-state index in [-0.39, 0.29) is 12.3 Å². The van der Waals surface area contributed by atoms with Crippen LogP contribution in [-0.2, 0) is 11.2 Å². The molecule has 0 fully saturated rings. The maximum absolute atomic E-state index is 10.3. The number of aryl methyl sites for hydroxylation is 1. The molecule has 0 saturated carbocycles. The predicted octanol–water partition coefficient (Wildman–Crippen LogP) is 1.01. The smallest absolute Gasteiger partial charge is 0.312 e. The monoisotopic (exact) mass is 185 g/mol. The Balaban J connectivity index is 2.76. The summed E-state index contributed by atoms with van der Waals surface area (Å²) < 4.78 is 10.1. The first-order chi connectivity index (χ1) is 6.13. The number of carboxylic acids is 1. The third-order valence-electron chi connectivity index (χ3n) is 1.38. The van der Waals surface area contributed by atoms with Crippen molar-refractivity contribution in [3.8, 4) is 5.95 Å². The Bertz CT molecular complexity index is 305. The molecule has 0 aliphatic carbocycles. The number of aromatic nitrogens is 1. The number of rotatable bonds is 4. The van der Waals surface area contributed by atoms with Crippen LogP contribution in [0.2, 0.25) is 0 Å². The highest BCUT2D eigenvalue weighted by atomic mass is 16.6. The molecule has 0 radical (unpaired) electrons. The van der Waals surface area contributed by atoms with Crippen LogP contribution < -0.4 is 4.74 Å². The van der Waals surface area contributed by atoms with Gasteiger partial charge in [-0.3, -0.25) is 4.79 Å². The number of hydrogen-bond donors (Lipinski definition) is 1. The van der Waals surface area contributed by atoms with Crippen molar-refractivity contribution in [1.82, 2.24) is 4.98 Å². The van der Waals surface area contributed by atoms with Crippen LogP contribution in [-0.4, -0.2) is 22.7 Å². The van der Waals surface area contributed by atoms with Gasteiger partial charge in [0, 0.05) is 0 Å². The van der Waals surface area contributed by atoms with Crippen molar-refractivity contribution in [3.05, 3.63) is 11.6 Å². The molecule has 0 saturated heterocycles. The normalized spacial score (nSPS) is 10.0. The summed E-state index contributed by atoms with van der Waals surface area (Å²) in [4.78, 5) is 14.2. The molecule has 72 valence electrons. The molecule has 5 heteroatoms. The van der Waals surface area contributed by atoms with E-state index in [1.807, 2.05) is 6.92 Å². The summed E-state index contributed by atoms with van der Waals surface area (Å²) in [5.41, 5.74) is 0.582. The molecular weight excluding hydrogens is 174 g/mol. The molecule has 0 spiro atoms. The molecule has 5 nitrogen and oxygen atoms in total. The summed E-state index contributed by atoms with van der Waals surface area (Å²) in [5, 5.41) is 8.46. The van der Waals surface area contributed by atoms with E-state index in [4.69, 9.17) is 14.3 Å². The fourth-order valence-electron chi connectivity index (χ4n) is 0.906. The highest BCUT2D eigenvalue weighted by Crippen LogP contribution is 2.18. The summed E-state index contributed by atoms with van der Waals surface area (Å²) in [6.07, 6.45) is -0.214. The van der Waals surface area contributed by atoms with Crippen LogP contribution >= 0.6 is 0 Å². The van der Waals surface area contributed by atoms with Gasteiger partial charge in [0.2, 0.25) is 5.89 Å². The van der Waals surface area contributed by atoms with Crippen LogP contribution in [0.3, 0.4) is 0 Å². The van der Waals surface area contributed by atoms with E-state index in [1.54, 1.807) is 6.92 Å². The second kappa shape index (κ2) is 3.93. The van der Waals surface area contributed by atoms with Gasteiger partial charge in [-0.25, -0.2) is 4.98 Å². The minimum atomic E-state index is -0.968. The number of hydrogen-bond acceptors (Lipinski definition) is 4. The number of carboxylic acid groups (broad SMARTS) is 1. The van der Waals surface area contributed by atoms with Gasteiger partial charge >= 0.3 is 11.9 Å². The third kappa shape index (κ3) is 2.47. The fraction of sp³-hybridized carbons (Fsp3) is 0.500. The van der Waals surface area contributed by atoms with Crippen molar-refractivity contribution in [2.75, 3.05) is 6.61 Å². The molecule has 0 bridgehead atoms. The van der Waals surface area contributed by atoms with Gasteiger partial charge in [-0.05, 0) is 13.8 Å². The Morgan fingerprint density at radius 3 is 2.92 bits per heavy atom. The standard InChI is InChI=1S/C8H11NO4/c1-3-12-8-5(2)9-6(13-8)4-7(10)11/h3-4H2,1-2H3,(H,10,11). The van der Waals surface area contributed by atoms with Gasteiger partial charge in [0.1, 0.15) is 12.1 Å². The first kappa shape index (κ1) is 9.57.